The minimum atomic E-state index is 1.09. The van der Waals surface area contributed by atoms with Crippen LogP contribution in [0.25, 0.3) is 97.7 Å². The van der Waals surface area contributed by atoms with Gasteiger partial charge in [-0.05, 0) is 144 Å². The van der Waals surface area contributed by atoms with Gasteiger partial charge in [-0.25, -0.2) is 0 Å². The maximum Gasteiger partial charge on any atom is 0.0462 e. The van der Waals surface area contributed by atoms with E-state index in [1.807, 2.05) is 11.3 Å². The molecule has 0 bridgehead atoms. The number of hydrogen-bond donors (Lipinski definition) is 0. The first kappa shape index (κ1) is 39.3. The summed E-state index contributed by atoms with van der Waals surface area (Å²) in [5.74, 6) is 0. The molecule has 1 nitrogen and oxygen atoms in total. The van der Waals surface area contributed by atoms with Crippen LogP contribution < -0.4 is 4.90 Å². The third kappa shape index (κ3) is 7.44. The molecule has 0 saturated heterocycles. The van der Waals surface area contributed by atoms with Gasteiger partial charge in [0.2, 0.25) is 0 Å². The van der Waals surface area contributed by atoms with Crippen LogP contribution in [0.15, 0.2) is 261 Å². The summed E-state index contributed by atoms with van der Waals surface area (Å²) in [7, 11) is 0. The lowest BCUT2D eigenvalue weighted by atomic mass is 9.93. The third-order valence-electron chi connectivity index (χ3n) is 12.9. The molecule has 0 fully saturated rings. The van der Waals surface area contributed by atoms with Gasteiger partial charge in [-0.2, -0.15) is 0 Å². The Balaban J connectivity index is 0.906. The quantitative estimate of drug-likeness (QED) is 0.140. The Bertz CT molecular complexity index is 3590. The first-order valence-corrected chi connectivity index (χ1v) is 23.4. The second-order valence-electron chi connectivity index (χ2n) is 16.9. The Kier molecular flexibility index (Phi) is 10.1. The molecule has 0 radical (unpaired) electrons. The van der Waals surface area contributed by atoms with Gasteiger partial charge in [-0.3, -0.25) is 0 Å². The highest BCUT2D eigenvalue weighted by Gasteiger charge is 2.17. The summed E-state index contributed by atoms with van der Waals surface area (Å²) in [6.45, 7) is 0. The summed E-state index contributed by atoms with van der Waals surface area (Å²) in [6, 6.07) is 94.9. The summed E-state index contributed by atoms with van der Waals surface area (Å²) in [6.07, 6.45) is 0. The normalized spacial score (nSPS) is 11.3. The molecule has 0 aliphatic heterocycles. The van der Waals surface area contributed by atoms with E-state index in [0.717, 1.165) is 17.1 Å². The van der Waals surface area contributed by atoms with Crippen molar-refractivity contribution >= 4 is 59.3 Å². The molecule has 12 aromatic rings. The van der Waals surface area contributed by atoms with Gasteiger partial charge in [-0.15, -0.1) is 11.3 Å². The summed E-state index contributed by atoms with van der Waals surface area (Å²) in [5.41, 5.74) is 17.7. The summed E-state index contributed by atoms with van der Waals surface area (Å²) >= 11 is 1.89. The average Bonchev–Trinajstić information content (AvgIpc) is 3.80. The molecule has 0 unspecified atom stereocenters. The molecule has 0 aliphatic rings. The Labute approximate surface area is 389 Å². The first-order chi connectivity index (χ1) is 32.7. The largest absolute Gasteiger partial charge is 0.311 e. The first-order valence-electron chi connectivity index (χ1n) is 22.6. The second-order valence-corrected chi connectivity index (χ2v) is 18.0. The van der Waals surface area contributed by atoms with Crippen molar-refractivity contribution in [1.82, 2.24) is 0 Å². The van der Waals surface area contributed by atoms with Crippen molar-refractivity contribution in [3.8, 4) is 66.8 Å². The monoisotopic (exact) mass is 857 g/mol. The summed E-state index contributed by atoms with van der Waals surface area (Å²) in [4.78, 5) is 2.36. The maximum absolute atomic E-state index is 2.36. The second kappa shape index (κ2) is 17.0. The molecule has 0 atom stereocenters. The van der Waals surface area contributed by atoms with Gasteiger partial charge < -0.3 is 4.90 Å². The zero-order chi connectivity index (χ0) is 43.8. The predicted octanol–water partition coefficient (Wildman–Crippen LogP) is 18.7. The number of fused-ring (bicyclic) bond motifs is 5. The number of benzene rings is 11. The van der Waals surface area contributed by atoms with E-state index < -0.39 is 0 Å². The molecule has 1 aromatic heterocycles. The van der Waals surface area contributed by atoms with Crippen molar-refractivity contribution in [3.63, 3.8) is 0 Å². The fraction of sp³-hybridized carbons (Fsp3) is 0. The van der Waals surface area contributed by atoms with Gasteiger partial charge in [0.05, 0.1) is 0 Å². The highest BCUT2D eigenvalue weighted by atomic mass is 32.1. The number of thiophene rings is 1. The number of hydrogen-bond acceptors (Lipinski definition) is 2. The lowest BCUT2D eigenvalue weighted by Crippen LogP contribution is -2.09. The Morgan fingerprint density at radius 1 is 0.258 bits per heavy atom. The van der Waals surface area contributed by atoms with Gasteiger partial charge in [0.25, 0.3) is 0 Å². The number of rotatable bonds is 9. The Hall–Kier alpha value is -8.30. The molecule has 66 heavy (non-hydrogen) atoms. The molecule has 0 spiro atoms. The molecule has 0 saturated carbocycles. The van der Waals surface area contributed by atoms with Gasteiger partial charge in [-0.1, -0.05) is 194 Å². The SMILES string of the molecule is c1ccc(-c2ccc(N(c3ccc(-c4cc(-c5ccccc5)cc(-c5ccccc5)c4)cc3)c3ccc(-c4cccc(-c5cccc6c5sc5ccc7ccccc7c56)c4)cc3)cc2)cc1. The smallest absolute Gasteiger partial charge is 0.0462 e. The lowest BCUT2D eigenvalue weighted by Gasteiger charge is -2.26. The highest BCUT2D eigenvalue weighted by molar-refractivity contribution is 7.26. The van der Waals surface area contributed by atoms with Crippen molar-refractivity contribution in [3.05, 3.63) is 261 Å². The van der Waals surface area contributed by atoms with Gasteiger partial charge in [0, 0.05) is 37.2 Å². The van der Waals surface area contributed by atoms with Gasteiger partial charge in [0.1, 0.15) is 0 Å². The molecule has 0 amide bonds. The fourth-order valence-corrected chi connectivity index (χ4v) is 10.8. The van der Waals surface area contributed by atoms with Crippen LogP contribution in [0.3, 0.4) is 0 Å². The van der Waals surface area contributed by atoms with E-state index in [9.17, 15) is 0 Å². The molecule has 2 heteroatoms. The maximum atomic E-state index is 2.36. The Morgan fingerprint density at radius 3 is 1.21 bits per heavy atom. The van der Waals surface area contributed by atoms with E-state index in [-0.39, 0.29) is 0 Å². The molecule has 11 aromatic carbocycles. The highest BCUT2D eigenvalue weighted by Crippen LogP contribution is 2.44. The van der Waals surface area contributed by atoms with E-state index in [2.05, 4.69) is 266 Å². The van der Waals surface area contributed by atoms with Crippen LogP contribution >= 0.6 is 11.3 Å². The van der Waals surface area contributed by atoms with Gasteiger partial charge >= 0.3 is 0 Å². The van der Waals surface area contributed by atoms with Crippen molar-refractivity contribution < 1.29 is 0 Å². The van der Waals surface area contributed by atoms with Crippen molar-refractivity contribution in [2.45, 2.75) is 0 Å². The lowest BCUT2D eigenvalue weighted by molar-refractivity contribution is 1.28. The molecule has 310 valence electrons. The van der Waals surface area contributed by atoms with Crippen molar-refractivity contribution in [1.29, 1.82) is 0 Å². The minimum absolute atomic E-state index is 1.09. The third-order valence-corrected chi connectivity index (χ3v) is 14.1. The van der Waals surface area contributed by atoms with Crippen LogP contribution in [-0.2, 0) is 0 Å². The predicted molar refractivity (Wildman–Crippen MR) is 284 cm³/mol. The number of nitrogens with zero attached hydrogens (tertiary/aromatic N) is 1. The zero-order valence-electron chi connectivity index (χ0n) is 36.2. The molecule has 12 rings (SSSR count). The van der Waals surface area contributed by atoms with E-state index in [1.54, 1.807) is 0 Å². The standard InChI is InChI=1S/C64H43NS/c1-4-14-44(15-5-1)47-26-33-56(34-27-47)65(58-37-30-49(31-38-58)55-42-53(45-16-6-2-7-17-45)41-54(43-55)46-18-8-3-9-19-46)57-35-28-48(29-36-57)51-21-12-22-52(40-51)60-24-13-25-61-63-59-23-11-10-20-50(59)32-39-62(63)66-64(60)61/h1-43H. The van der Waals surface area contributed by atoms with E-state index in [4.69, 9.17) is 0 Å². The van der Waals surface area contributed by atoms with Crippen molar-refractivity contribution in [2.24, 2.45) is 0 Å². The minimum Gasteiger partial charge on any atom is -0.311 e. The van der Waals surface area contributed by atoms with Crippen LogP contribution in [0.5, 0.6) is 0 Å². The number of anilines is 3. The van der Waals surface area contributed by atoms with Gasteiger partial charge in [0.15, 0.2) is 0 Å². The fourth-order valence-electron chi connectivity index (χ4n) is 9.54. The molecular weight excluding hydrogens is 815 g/mol. The molecule has 1 heterocycles. The van der Waals surface area contributed by atoms with Crippen LogP contribution in [-0.4, -0.2) is 0 Å². The molecule has 0 N–H and O–H groups in total. The Morgan fingerprint density at radius 2 is 0.652 bits per heavy atom. The summed E-state index contributed by atoms with van der Waals surface area (Å²) in [5, 5.41) is 5.27. The summed E-state index contributed by atoms with van der Waals surface area (Å²) < 4.78 is 2.66. The molecular formula is C64H43NS. The van der Waals surface area contributed by atoms with Crippen molar-refractivity contribution in [2.75, 3.05) is 4.90 Å². The molecule has 0 aliphatic carbocycles. The van der Waals surface area contributed by atoms with Crippen LogP contribution in [0.1, 0.15) is 0 Å². The zero-order valence-corrected chi connectivity index (χ0v) is 37.0. The van der Waals surface area contributed by atoms with Crippen LogP contribution in [0.4, 0.5) is 17.1 Å². The van der Waals surface area contributed by atoms with Crippen LogP contribution in [0, 0.1) is 0 Å². The van der Waals surface area contributed by atoms with E-state index in [1.165, 1.54) is 97.7 Å². The average molecular weight is 858 g/mol. The van der Waals surface area contributed by atoms with E-state index in [0.29, 0.717) is 0 Å². The van der Waals surface area contributed by atoms with Crippen LogP contribution in [0.2, 0.25) is 0 Å². The van der Waals surface area contributed by atoms with E-state index >= 15 is 0 Å². The topological polar surface area (TPSA) is 3.24 Å².